The standard InChI is InChI=1S/C30H31N7O2/c1-17-12-23(18(2)33-24-7-5-4-6-22(24)30(38)39)28-25(13-17)34-26(16-31)29(35-28)37-20-8-9-21(37)15-19(14-20)27-10-11-32-36(27)3/h4-7,10-13,18-21,33H,8-9,14-15H2,1-3H3,(H,38,39)/t18-,19?,20-,21+/m1/s1. The van der Waals surface area contributed by atoms with Crippen LogP contribution in [0.1, 0.15) is 77.4 Å². The number of fused-ring (bicyclic) bond motifs is 3. The van der Waals surface area contributed by atoms with Crippen LogP contribution in [0, 0.1) is 18.3 Å². The Kier molecular flexibility index (Phi) is 6.18. The monoisotopic (exact) mass is 521 g/mol. The zero-order valence-electron chi connectivity index (χ0n) is 22.3. The van der Waals surface area contributed by atoms with Crippen LogP contribution in [0.15, 0.2) is 48.7 Å². The van der Waals surface area contributed by atoms with E-state index in [1.807, 2.05) is 43.9 Å². The highest BCUT2D eigenvalue weighted by molar-refractivity contribution is 5.94. The fraction of sp³-hybridized carbons (Fsp3) is 0.367. The van der Waals surface area contributed by atoms with Crippen molar-refractivity contribution in [2.75, 3.05) is 10.2 Å². The molecule has 2 aliphatic heterocycles. The molecule has 4 aromatic rings. The van der Waals surface area contributed by atoms with E-state index in [0.717, 1.165) is 42.3 Å². The number of nitrogens with zero attached hydrogens (tertiary/aromatic N) is 6. The Balaban J connectivity index is 1.39. The van der Waals surface area contributed by atoms with Gasteiger partial charge in [0.1, 0.15) is 6.07 Å². The van der Waals surface area contributed by atoms with Crippen molar-refractivity contribution in [1.29, 1.82) is 5.26 Å². The zero-order chi connectivity index (χ0) is 27.3. The number of hydrogen-bond donors (Lipinski definition) is 2. The Morgan fingerprint density at radius 3 is 2.56 bits per heavy atom. The number of carboxylic acid groups (broad SMARTS) is 1. The molecule has 0 spiro atoms. The largest absolute Gasteiger partial charge is 0.478 e. The van der Waals surface area contributed by atoms with Crippen molar-refractivity contribution in [3.63, 3.8) is 0 Å². The van der Waals surface area contributed by atoms with Gasteiger partial charge in [0, 0.05) is 48.2 Å². The lowest BCUT2D eigenvalue weighted by atomic mass is 9.88. The molecular formula is C30H31N7O2. The van der Waals surface area contributed by atoms with Gasteiger partial charge in [-0.25, -0.2) is 14.8 Å². The summed E-state index contributed by atoms with van der Waals surface area (Å²) in [5, 5.41) is 27.5. The Morgan fingerprint density at radius 2 is 1.90 bits per heavy atom. The number of nitrogens with one attached hydrogen (secondary N) is 1. The molecule has 0 saturated carbocycles. The van der Waals surface area contributed by atoms with Gasteiger partial charge in [-0.1, -0.05) is 18.2 Å². The molecule has 0 aliphatic carbocycles. The zero-order valence-corrected chi connectivity index (χ0v) is 22.3. The Morgan fingerprint density at radius 1 is 1.15 bits per heavy atom. The minimum absolute atomic E-state index is 0.215. The molecular weight excluding hydrogens is 490 g/mol. The molecule has 39 heavy (non-hydrogen) atoms. The number of aromatic nitrogens is 4. The molecule has 2 aromatic carbocycles. The summed E-state index contributed by atoms with van der Waals surface area (Å²) >= 11 is 0. The molecule has 9 heteroatoms. The molecule has 0 radical (unpaired) electrons. The van der Waals surface area contributed by atoms with Gasteiger partial charge in [0.05, 0.1) is 22.6 Å². The maximum Gasteiger partial charge on any atom is 0.337 e. The van der Waals surface area contributed by atoms with Crippen molar-refractivity contribution in [3.8, 4) is 6.07 Å². The highest BCUT2D eigenvalue weighted by atomic mass is 16.4. The number of aryl methyl sites for hydroxylation is 2. The minimum Gasteiger partial charge on any atom is -0.478 e. The Labute approximate surface area is 227 Å². The first-order valence-electron chi connectivity index (χ1n) is 13.4. The average Bonchev–Trinajstić information content (AvgIpc) is 3.46. The fourth-order valence-corrected chi connectivity index (χ4v) is 6.56. The van der Waals surface area contributed by atoms with Crippen molar-refractivity contribution < 1.29 is 9.90 Å². The first-order valence-corrected chi connectivity index (χ1v) is 13.4. The summed E-state index contributed by atoms with van der Waals surface area (Å²) in [6, 6.07) is 15.7. The quantitative estimate of drug-likeness (QED) is 0.349. The fourth-order valence-electron chi connectivity index (χ4n) is 6.56. The maximum atomic E-state index is 11.8. The highest BCUT2D eigenvalue weighted by Gasteiger charge is 2.43. The maximum absolute atomic E-state index is 11.8. The Bertz CT molecular complexity index is 1610. The van der Waals surface area contributed by atoms with Crippen molar-refractivity contribution in [2.24, 2.45) is 7.05 Å². The van der Waals surface area contributed by atoms with E-state index in [0.29, 0.717) is 28.6 Å². The van der Waals surface area contributed by atoms with Crippen LogP contribution in [0.4, 0.5) is 11.5 Å². The van der Waals surface area contributed by atoms with Crippen LogP contribution in [-0.4, -0.2) is 42.9 Å². The van der Waals surface area contributed by atoms with E-state index in [4.69, 9.17) is 9.97 Å². The number of para-hydroxylation sites is 1. The number of carbonyl (C=O) groups is 1. The Hall–Kier alpha value is -4.45. The van der Waals surface area contributed by atoms with Crippen LogP contribution in [0.25, 0.3) is 11.0 Å². The van der Waals surface area contributed by atoms with Crippen LogP contribution in [0.3, 0.4) is 0 Å². The van der Waals surface area contributed by atoms with Crippen LogP contribution >= 0.6 is 0 Å². The number of rotatable bonds is 6. The third kappa shape index (κ3) is 4.36. The summed E-state index contributed by atoms with van der Waals surface area (Å²) in [7, 11) is 2.00. The molecule has 2 N–H and O–H groups in total. The summed E-state index contributed by atoms with van der Waals surface area (Å²) < 4.78 is 1.97. The highest BCUT2D eigenvalue weighted by Crippen LogP contribution is 2.45. The van der Waals surface area contributed by atoms with Crippen molar-refractivity contribution in [1.82, 2.24) is 19.7 Å². The molecule has 1 unspecified atom stereocenters. The van der Waals surface area contributed by atoms with Crippen molar-refractivity contribution in [3.05, 3.63) is 76.7 Å². The van der Waals surface area contributed by atoms with Crippen LogP contribution < -0.4 is 10.2 Å². The van der Waals surface area contributed by atoms with Gasteiger partial charge in [0.2, 0.25) is 0 Å². The molecule has 2 saturated heterocycles. The van der Waals surface area contributed by atoms with Gasteiger partial charge in [-0.2, -0.15) is 10.4 Å². The summed E-state index contributed by atoms with van der Waals surface area (Å²) in [5.41, 5.74) is 5.69. The van der Waals surface area contributed by atoms with E-state index < -0.39 is 5.97 Å². The van der Waals surface area contributed by atoms with Crippen LogP contribution in [0.2, 0.25) is 0 Å². The number of carboxylic acids is 1. The molecule has 2 fully saturated rings. The number of hydrogen-bond acceptors (Lipinski definition) is 7. The van der Waals surface area contributed by atoms with E-state index in [-0.39, 0.29) is 23.7 Å². The molecule has 4 heterocycles. The molecule has 198 valence electrons. The summed E-state index contributed by atoms with van der Waals surface area (Å²) in [6.45, 7) is 3.99. The third-order valence-electron chi connectivity index (χ3n) is 8.28. The van der Waals surface area contributed by atoms with Crippen LogP contribution in [-0.2, 0) is 7.05 Å². The predicted octanol–water partition coefficient (Wildman–Crippen LogP) is 5.33. The minimum atomic E-state index is -0.981. The van der Waals surface area contributed by atoms with Gasteiger partial charge in [-0.15, -0.1) is 0 Å². The second-order valence-electron chi connectivity index (χ2n) is 10.8. The van der Waals surface area contributed by atoms with Gasteiger partial charge in [-0.3, -0.25) is 4.68 Å². The molecule has 4 atom stereocenters. The molecule has 2 aliphatic rings. The van der Waals surface area contributed by atoms with E-state index in [2.05, 4.69) is 33.5 Å². The van der Waals surface area contributed by atoms with E-state index in [1.165, 1.54) is 5.69 Å². The third-order valence-corrected chi connectivity index (χ3v) is 8.28. The predicted molar refractivity (Wildman–Crippen MR) is 149 cm³/mol. The van der Waals surface area contributed by atoms with Crippen LogP contribution in [0.5, 0.6) is 0 Å². The number of nitriles is 1. The lowest BCUT2D eigenvalue weighted by molar-refractivity contribution is 0.0698. The SMILES string of the molecule is Cc1cc([C@@H](C)Nc2ccccc2C(=O)O)c2nc(N3[C@@H]4CC[C@H]3CC(c3ccnn3C)C4)c(C#N)nc2c1. The number of benzene rings is 2. The van der Waals surface area contributed by atoms with E-state index in [9.17, 15) is 15.2 Å². The summed E-state index contributed by atoms with van der Waals surface area (Å²) in [6.07, 6.45) is 5.97. The first kappa shape index (κ1) is 24.9. The lowest BCUT2D eigenvalue weighted by Gasteiger charge is -2.40. The van der Waals surface area contributed by atoms with Crippen molar-refractivity contribution in [2.45, 2.75) is 63.6 Å². The van der Waals surface area contributed by atoms with Crippen molar-refractivity contribution >= 4 is 28.5 Å². The summed E-state index contributed by atoms with van der Waals surface area (Å²) in [4.78, 5) is 24.1. The number of aromatic carboxylic acids is 1. The smallest absolute Gasteiger partial charge is 0.337 e. The average molecular weight is 522 g/mol. The second kappa shape index (κ2) is 9.70. The van der Waals surface area contributed by atoms with Gasteiger partial charge < -0.3 is 15.3 Å². The molecule has 6 rings (SSSR count). The van der Waals surface area contributed by atoms with Gasteiger partial charge in [0.15, 0.2) is 11.5 Å². The molecule has 2 aromatic heterocycles. The summed E-state index contributed by atoms with van der Waals surface area (Å²) in [5.74, 6) is 0.108. The first-order chi connectivity index (χ1) is 18.8. The topological polar surface area (TPSA) is 120 Å². The molecule has 9 nitrogen and oxygen atoms in total. The normalized spacial score (nSPS) is 21.1. The van der Waals surface area contributed by atoms with E-state index >= 15 is 0 Å². The second-order valence-corrected chi connectivity index (χ2v) is 10.8. The van der Waals surface area contributed by atoms with Gasteiger partial charge in [0.25, 0.3) is 0 Å². The van der Waals surface area contributed by atoms with E-state index in [1.54, 1.807) is 18.2 Å². The number of piperidine rings is 1. The molecule has 0 amide bonds. The number of anilines is 2. The van der Waals surface area contributed by atoms with Gasteiger partial charge >= 0.3 is 5.97 Å². The van der Waals surface area contributed by atoms with Gasteiger partial charge in [-0.05, 0) is 69.4 Å². The molecule has 2 bridgehead atoms. The lowest BCUT2D eigenvalue weighted by Crippen LogP contribution is -2.43.